The van der Waals surface area contributed by atoms with Crippen LogP contribution < -0.4 is 9.47 Å². The zero-order chi connectivity index (χ0) is 38.6. The third kappa shape index (κ3) is 8.62. The van der Waals surface area contributed by atoms with Crippen LogP contribution in [0.5, 0.6) is 23.0 Å². The summed E-state index contributed by atoms with van der Waals surface area (Å²) in [6.07, 6.45) is 0.429. The number of nitro benzene ring substituents is 2. The Morgan fingerprint density at radius 2 is 1.20 bits per heavy atom. The first-order valence-electron chi connectivity index (χ1n) is 15.9. The molecule has 4 aromatic carbocycles. The summed E-state index contributed by atoms with van der Waals surface area (Å²) >= 11 is 0. The molecule has 2 heterocycles. The van der Waals surface area contributed by atoms with Crippen molar-refractivity contribution in [3.05, 3.63) is 138 Å². The molecule has 2 aromatic heterocycles. The first-order chi connectivity index (χ1) is 25.3. The van der Waals surface area contributed by atoms with E-state index < -0.39 is 15.6 Å². The summed E-state index contributed by atoms with van der Waals surface area (Å²) in [6.45, 7) is 6.90. The standard InChI is InChI=1S/C19H16N2O6.C19H18N2O5.2CH4/c1-10-16(11(2)27-20-10)18(22)14-7-8-15(26-3)17(19(14)23)12-5-4-6-13(9-12)21(24)25;1-11-16(12(2)26-20-11)10-14-7-8-17(25-3)18(19(14)22)13-5-4-6-15(9-13)21(23)24;;/h4-9,23H,1-3H3;4-9,22H,10H2,1-3H3;2*1H4. The number of carbonyl (C=O) groups is 1. The van der Waals surface area contributed by atoms with Gasteiger partial charge in [0.1, 0.15) is 34.5 Å². The van der Waals surface area contributed by atoms with Gasteiger partial charge in [-0.1, -0.05) is 55.5 Å². The van der Waals surface area contributed by atoms with Crippen LogP contribution in [0.15, 0.2) is 81.8 Å². The zero-order valence-corrected chi connectivity index (χ0v) is 29.5. The second-order valence-electron chi connectivity index (χ2n) is 11.8. The minimum absolute atomic E-state index is 0. The van der Waals surface area contributed by atoms with Gasteiger partial charge in [-0.2, -0.15) is 0 Å². The van der Waals surface area contributed by atoms with Gasteiger partial charge in [-0.25, -0.2) is 0 Å². The van der Waals surface area contributed by atoms with Crippen molar-refractivity contribution in [3.63, 3.8) is 0 Å². The Balaban J connectivity index is 0.000000285. The molecule has 0 saturated heterocycles. The van der Waals surface area contributed by atoms with Gasteiger partial charge < -0.3 is 28.7 Å². The summed E-state index contributed by atoms with van der Waals surface area (Å²) in [5.41, 5.74) is 4.28. The molecule has 0 unspecified atom stereocenters. The Bertz CT molecular complexity index is 2320. The fraction of sp³-hybridized carbons (Fsp3) is 0.225. The molecule has 0 fully saturated rings. The molecular formula is C40H42N4O11. The first kappa shape index (κ1) is 42.4. The van der Waals surface area contributed by atoms with Crippen molar-refractivity contribution in [1.82, 2.24) is 10.3 Å². The molecule has 0 aliphatic rings. The van der Waals surface area contributed by atoms with Crippen molar-refractivity contribution >= 4 is 17.2 Å². The van der Waals surface area contributed by atoms with Gasteiger partial charge in [0.15, 0.2) is 0 Å². The molecule has 6 aromatic rings. The molecule has 15 nitrogen and oxygen atoms in total. The zero-order valence-electron chi connectivity index (χ0n) is 29.5. The Hall–Kier alpha value is -7.03. The van der Waals surface area contributed by atoms with Crippen molar-refractivity contribution in [1.29, 1.82) is 0 Å². The number of ether oxygens (including phenoxy) is 2. The number of hydrogen-bond acceptors (Lipinski definition) is 13. The van der Waals surface area contributed by atoms with Gasteiger partial charge in [0.25, 0.3) is 11.4 Å². The van der Waals surface area contributed by atoms with Crippen LogP contribution in [-0.4, -0.2) is 50.4 Å². The lowest BCUT2D eigenvalue weighted by Crippen LogP contribution is -2.05. The van der Waals surface area contributed by atoms with Crippen molar-refractivity contribution in [2.24, 2.45) is 0 Å². The van der Waals surface area contributed by atoms with E-state index in [1.807, 2.05) is 13.8 Å². The van der Waals surface area contributed by atoms with E-state index in [-0.39, 0.29) is 60.2 Å². The topological polar surface area (TPSA) is 214 Å². The maximum absolute atomic E-state index is 12.9. The summed E-state index contributed by atoms with van der Waals surface area (Å²) in [7, 11) is 2.90. The van der Waals surface area contributed by atoms with E-state index in [4.69, 9.17) is 18.5 Å². The molecule has 15 heteroatoms. The number of phenols is 2. The average Bonchev–Trinajstić information content (AvgIpc) is 3.66. The number of carbonyl (C=O) groups excluding carboxylic acids is 1. The molecule has 6 rings (SSSR count). The van der Waals surface area contributed by atoms with Crippen LogP contribution in [-0.2, 0) is 6.42 Å². The van der Waals surface area contributed by atoms with Gasteiger partial charge in [0.05, 0.1) is 57.7 Å². The molecule has 55 heavy (non-hydrogen) atoms. The number of non-ortho nitro benzene ring substituents is 2. The minimum atomic E-state index is -0.536. The van der Waals surface area contributed by atoms with Crippen molar-refractivity contribution in [2.75, 3.05) is 14.2 Å². The smallest absolute Gasteiger partial charge is 0.270 e. The van der Waals surface area contributed by atoms with Crippen LogP contribution in [0.4, 0.5) is 11.4 Å². The summed E-state index contributed by atoms with van der Waals surface area (Å²) in [4.78, 5) is 34.1. The van der Waals surface area contributed by atoms with Crippen LogP contribution in [0.3, 0.4) is 0 Å². The van der Waals surface area contributed by atoms with Crippen LogP contribution in [0, 0.1) is 47.9 Å². The molecule has 0 radical (unpaired) electrons. The van der Waals surface area contributed by atoms with Crippen LogP contribution in [0.1, 0.15) is 64.8 Å². The van der Waals surface area contributed by atoms with E-state index in [1.54, 1.807) is 44.2 Å². The van der Waals surface area contributed by atoms with E-state index in [2.05, 4.69) is 10.3 Å². The molecule has 2 N–H and O–H groups in total. The number of nitrogens with zero attached hydrogens (tertiary/aromatic N) is 4. The van der Waals surface area contributed by atoms with Gasteiger partial charge in [-0.15, -0.1) is 0 Å². The van der Waals surface area contributed by atoms with E-state index >= 15 is 0 Å². The summed E-state index contributed by atoms with van der Waals surface area (Å²) in [6, 6.07) is 18.3. The first-order valence-corrected chi connectivity index (χ1v) is 15.9. The van der Waals surface area contributed by atoms with E-state index in [0.717, 1.165) is 11.3 Å². The summed E-state index contributed by atoms with van der Waals surface area (Å²) < 4.78 is 20.8. The average molecular weight is 755 g/mol. The maximum Gasteiger partial charge on any atom is 0.270 e. The Morgan fingerprint density at radius 3 is 1.65 bits per heavy atom. The molecule has 0 amide bonds. The molecule has 0 aliphatic carbocycles. The fourth-order valence-corrected chi connectivity index (χ4v) is 5.85. The molecular weight excluding hydrogens is 712 g/mol. The minimum Gasteiger partial charge on any atom is -0.507 e. The van der Waals surface area contributed by atoms with Gasteiger partial charge >= 0.3 is 0 Å². The largest absolute Gasteiger partial charge is 0.507 e. The lowest BCUT2D eigenvalue weighted by atomic mass is 9.95. The number of benzene rings is 4. The van der Waals surface area contributed by atoms with Gasteiger partial charge in [-0.05, 0) is 62.6 Å². The predicted octanol–water partition coefficient (Wildman–Crippen LogP) is 9.26. The quantitative estimate of drug-likeness (QED) is 0.0758. The van der Waals surface area contributed by atoms with Crippen LogP contribution in [0.2, 0.25) is 0 Å². The number of aromatic nitrogens is 2. The number of rotatable bonds is 10. The second-order valence-corrected chi connectivity index (χ2v) is 11.8. The number of hydrogen-bond donors (Lipinski definition) is 2. The fourth-order valence-electron chi connectivity index (χ4n) is 5.85. The highest BCUT2D eigenvalue weighted by Crippen LogP contribution is 2.43. The Labute approximate surface area is 317 Å². The monoisotopic (exact) mass is 754 g/mol. The number of ketones is 1. The highest BCUT2D eigenvalue weighted by Gasteiger charge is 2.26. The number of aromatic hydroxyl groups is 2. The highest BCUT2D eigenvalue weighted by molar-refractivity contribution is 6.13. The molecule has 0 spiro atoms. The number of phenolic OH excluding ortho intramolecular Hbond substituents is 2. The molecule has 0 aliphatic heterocycles. The predicted molar refractivity (Wildman–Crippen MR) is 205 cm³/mol. The molecule has 0 bridgehead atoms. The normalized spacial score (nSPS) is 10.3. The number of nitro groups is 2. The van der Waals surface area contributed by atoms with Crippen molar-refractivity contribution in [3.8, 4) is 45.3 Å². The number of aryl methyl sites for hydroxylation is 4. The summed E-state index contributed by atoms with van der Waals surface area (Å²) in [5.74, 6) is 0.968. The van der Waals surface area contributed by atoms with Gasteiger partial charge in [0, 0.05) is 36.2 Å². The summed E-state index contributed by atoms with van der Waals surface area (Å²) in [5, 5.41) is 51.5. The SMILES string of the molecule is C.C.COc1ccc(C(=O)c2c(C)noc2C)c(O)c1-c1cccc([N+](=O)[O-])c1.COc1ccc(Cc2c(C)noc2C)c(O)c1-c1cccc([N+](=O)[O-])c1. The van der Waals surface area contributed by atoms with Crippen molar-refractivity contribution in [2.45, 2.75) is 49.0 Å². The molecule has 0 saturated carbocycles. The number of methoxy groups -OCH3 is 2. The Morgan fingerprint density at radius 1 is 0.709 bits per heavy atom. The van der Waals surface area contributed by atoms with Gasteiger partial charge in [-0.3, -0.25) is 25.0 Å². The maximum atomic E-state index is 12.9. The van der Waals surface area contributed by atoms with E-state index in [0.29, 0.717) is 51.6 Å². The molecule has 0 atom stereocenters. The van der Waals surface area contributed by atoms with E-state index in [9.17, 15) is 35.2 Å². The lowest BCUT2D eigenvalue weighted by molar-refractivity contribution is -0.385. The second kappa shape index (κ2) is 17.7. The Kier molecular flexibility index (Phi) is 13.6. The lowest BCUT2D eigenvalue weighted by Gasteiger charge is -2.14. The van der Waals surface area contributed by atoms with Crippen LogP contribution in [0.25, 0.3) is 22.3 Å². The van der Waals surface area contributed by atoms with Crippen molar-refractivity contribution < 1.29 is 43.4 Å². The van der Waals surface area contributed by atoms with E-state index in [1.165, 1.54) is 56.7 Å². The van der Waals surface area contributed by atoms with Crippen LogP contribution >= 0.6 is 0 Å². The van der Waals surface area contributed by atoms with Gasteiger partial charge in [0.2, 0.25) is 5.78 Å². The third-order valence-corrected chi connectivity index (χ3v) is 8.55. The molecule has 288 valence electrons. The highest BCUT2D eigenvalue weighted by atomic mass is 16.6. The third-order valence-electron chi connectivity index (χ3n) is 8.55.